The second-order valence-corrected chi connectivity index (χ2v) is 7.64. The lowest BCUT2D eigenvalue weighted by Gasteiger charge is -2.11. The first-order valence-corrected chi connectivity index (χ1v) is 10.5. The maximum Gasteiger partial charge on any atom is 0.330 e. The molecule has 0 aliphatic rings. The molecule has 0 spiro atoms. The summed E-state index contributed by atoms with van der Waals surface area (Å²) in [7, 11) is -2.55. The highest BCUT2D eigenvalue weighted by atomic mass is 32.2. The third-order valence-corrected chi connectivity index (χ3v) is 5.33. The summed E-state index contributed by atoms with van der Waals surface area (Å²) in [4.78, 5) is 23.9. The molecule has 8 heteroatoms. The molecule has 0 aliphatic carbocycles. The number of amides is 1. The molecule has 2 aromatic rings. The molecular weight excluding hydrogens is 394 g/mol. The number of esters is 1. The van der Waals surface area contributed by atoms with Gasteiger partial charge in [-0.3, -0.25) is 4.79 Å². The molecule has 1 N–H and O–H groups in total. The van der Waals surface area contributed by atoms with Crippen molar-refractivity contribution in [3.05, 3.63) is 71.8 Å². The zero-order chi connectivity index (χ0) is 21.3. The van der Waals surface area contributed by atoms with Crippen LogP contribution in [-0.2, 0) is 26.0 Å². The Morgan fingerprint density at radius 1 is 1.07 bits per heavy atom. The normalized spacial score (nSPS) is 11.2. The number of carbonyl (C=O) groups excluding carboxylic acids is 2. The predicted octanol–water partition coefficient (Wildman–Crippen LogP) is 2.87. The standard InChI is InChI=1S/C21H23NO6S/c1-3-28-20(23)11-7-5-9-16-8-4-6-10-19(16)21(24)22-29(25,26)18-14-12-17(27-2)13-15-18/h4,6-8,10-15H,3,5,9H2,1-2H3,(H,22,24)/b11-7+. The van der Waals surface area contributed by atoms with Crippen molar-refractivity contribution >= 4 is 21.9 Å². The molecule has 29 heavy (non-hydrogen) atoms. The van der Waals surface area contributed by atoms with Gasteiger partial charge in [-0.25, -0.2) is 17.9 Å². The molecule has 0 bridgehead atoms. The van der Waals surface area contributed by atoms with Crippen LogP contribution in [0.15, 0.2) is 65.6 Å². The molecule has 7 nitrogen and oxygen atoms in total. The van der Waals surface area contributed by atoms with E-state index in [9.17, 15) is 18.0 Å². The molecule has 2 rings (SSSR count). The summed E-state index contributed by atoms with van der Waals surface area (Å²) in [6, 6.07) is 12.5. The minimum atomic E-state index is -4.02. The van der Waals surface area contributed by atoms with Crippen LogP contribution in [0, 0.1) is 0 Å². The number of nitrogens with one attached hydrogen (secondary N) is 1. The highest BCUT2D eigenvalue weighted by Gasteiger charge is 2.20. The van der Waals surface area contributed by atoms with Crippen molar-refractivity contribution in [1.82, 2.24) is 4.72 Å². The summed E-state index contributed by atoms with van der Waals surface area (Å²) in [5.74, 6) is -0.633. The Labute approximate surface area is 170 Å². The summed E-state index contributed by atoms with van der Waals surface area (Å²) in [6.07, 6.45) is 3.94. The van der Waals surface area contributed by atoms with Gasteiger partial charge in [0, 0.05) is 11.6 Å². The van der Waals surface area contributed by atoms with Gasteiger partial charge in [-0.2, -0.15) is 0 Å². The molecule has 0 saturated heterocycles. The van der Waals surface area contributed by atoms with Gasteiger partial charge in [0.25, 0.3) is 15.9 Å². The van der Waals surface area contributed by atoms with Gasteiger partial charge in [0.1, 0.15) is 5.75 Å². The number of ether oxygens (including phenoxy) is 2. The average Bonchev–Trinajstić information content (AvgIpc) is 2.71. The maximum atomic E-state index is 12.6. The van der Waals surface area contributed by atoms with E-state index in [4.69, 9.17) is 9.47 Å². The molecule has 0 fully saturated rings. The number of rotatable bonds is 9. The first-order valence-electron chi connectivity index (χ1n) is 8.99. The zero-order valence-electron chi connectivity index (χ0n) is 16.3. The number of carbonyl (C=O) groups is 2. The Kier molecular flexibility index (Phi) is 7.97. The Morgan fingerprint density at radius 2 is 1.76 bits per heavy atom. The molecule has 0 saturated carbocycles. The minimum absolute atomic E-state index is 0.0403. The van der Waals surface area contributed by atoms with E-state index in [0.717, 1.165) is 0 Å². The van der Waals surface area contributed by atoms with Crippen LogP contribution < -0.4 is 9.46 Å². The Hall–Kier alpha value is -3.13. The van der Waals surface area contributed by atoms with Crippen molar-refractivity contribution in [1.29, 1.82) is 0 Å². The minimum Gasteiger partial charge on any atom is -0.497 e. The second-order valence-electron chi connectivity index (χ2n) is 5.96. The Morgan fingerprint density at radius 3 is 2.41 bits per heavy atom. The zero-order valence-corrected chi connectivity index (χ0v) is 17.1. The van der Waals surface area contributed by atoms with Crippen LogP contribution in [-0.4, -0.2) is 34.0 Å². The van der Waals surface area contributed by atoms with E-state index in [2.05, 4.69) is 4.72 Å². The van der Waals surface area contributed by atoms with Crippen LogP contribution in [0.4, 0.5) is 0 Å². The van der Waals surface area contributed by atoms with Gasteiger partial charge in [0.2, 0.25) is 0 Å². The second kappa shape index (κ2) is 10.4. The topological polar surface area (TPSA) is 98.8 Å². The van der Waals surface area contributed by atoms with Crippen molar-refractivity contribution in [2.75, 3.05) is 13.7 Å². The van der Waals surface area contributed by atoms with Gasteiger partial charge >= 0.3 is 5.97 Å². The third-order valence-electron chi connectivity index (χ3n) is 3.98. The van der Waals surface area contributed by atoms with Crippen molar-refractivity contribution < 1.29 is 27.5 Å². The van der Waals surface area contributed by atoms with Gasteiger partial charge in [-0.15, -0.1) is 0 Å². The average molecular weight is 417 g/mol. The van der Waals surface area contributed by atoms with Crippen molar-refractivity contribution in [3.63, 3.8) is 0 Å². The van der Waals surface area contributed by atoms with Gasteiger partial charge < -0.3 is 9.47 Å². The monoisotopic (exact) mass is 417 g/mol. The fraction of sp³-hybridized carbons (Fsp3) is 0.238. The molecule has 0 heterocycles. The number of methoxy groups -OCH3 is 1. The van der Waals surface area contributed by atoms with E-state index < -0.39 is 21.9 Å². The molecule has 0 aromatic heterocycles. The largest absolute Gasteiger partial charge is 0.497 e. The number of aryl methyl sites for hydroxylation is 1. The summed E-state index contributed by atoms with van der Waals surface area (Å²) in [6.45, 7) is 2.02. The first kappa shape index (κ1) is 22.2. The lowest BCUT2D eigenvalue weighted by molar-refractivity contribution is -0.137. The number of allylic oxidation sites excluding steroid dienone is 1. The highest BCUT2D eigenvalue weighted by molar-refractivity contribution is 7.90. The Balaban J connectivity index is 2.09. The number of benzene rings is 2. The van der Waals surface area contributed by atoms with E-state index in [1.165, 1.54) is 37.5 Å². The highest BCUT2D eigenvalue weighted by Crippen LogP contribution is 2.17. The van der Waals surface area contributed by atoms with Crippen LogP contribution in [0.3, 0.4) is 0 Å². The predicted molar refractivity (Wildman–Crippen MR) is 108 cm³/mol. The molecule has 1 amide bonds. The van der Waals surface area contributed by atoms with Crippen molar-refractivity contribution in [3.8, 4) is 5.75 Å². The first-order chi connectivity index (χ1) is 13.9. The summed E-state index contributed by atoms with van der Waals surface area (Å²) < 4.78 is 36.9. The number of hydrogen-bond donors (Lipinski definition) is 1. The van der Waals surface area contributed by atoms with Crippen LogP contribution in [0.5, 0.6) is 5.75 Å². The van der Waals surface area contributed by atoms with Crippen LogP contribution in [0.2, 0.25) is 0 Å². The van der Waals surface area contributed by atoms with E-state index in [-0.39, 0.29) is 10.5 Å². The molecule has 0 radical (unpaired) electrons. The van der Waals surface area contributed by atoms with Gasteiger partial charge in [-0.05, 0) is 55.7 Å². The van der Waals surface area contributed by atoms with Crippen molar-refractivity contribution in [2.24, 2.45) is 0 Å². The molecule has 2 aromatic carbocycles. The van der Waals surface area contributed by atoms with E-state index >= 15 is 0 Å². The van der Waals surface area contributed by atoms with E-state index in [1.807, 2.05) is 0 Å². The molecule has 0 aliphatic heterocycles. The van der Waals surface area contributed by atoms with E-state index in [1.54, 1.807) is 37.3 Å². The molecule has 0 atom stereocenters. The SMILES string of the molecule is CCOC(=O)/C=C/CCc1ccccc1C(=O)NS(=O)(=O)c1ccc(OC)cc1. The molecule has 0 unspecified atom stereocenters. The summed E-state index contributed by atoms with van der Waals surface area (Å²) in [5, 5.41) is 0. The van der Waals surface area contributed by atoms with Crippen LogP contribution >= 0.6 is 0 Å². The molecular formula is C21H23NO6S. The lowest BCUT2D eigenvalue weighted by atomic mass is 10.0. The summed E-state index contributed by atoms with van der Waals surface area (Å²) >= 11 is 0. The van der Waals surface area contributed by atoms with Gasteiger partial charge in [0.15, 0.2) is 0 Å². The van der Waals surface area contributed by atoms with Gasteiger partial charge in [0.05, 0.1) is 18.6 Å². The maximum absolute atomic E-state index is 12.6. The van der Waals surface area contributed by atoms with Crippen molar-refractivity contribution in [2.45, 2.75) is 24.7 Å². The fourth-order valence-electron chi connectivity index (χ4n) is 2.56. The lowest BCUT2D eigenvalue weighted by Crippen LogP contribution is -2.31. The van der Waals surface area contributed by atoms with E-state index in [0.29, 0.717) is 30.8 Å². The third kappa shape index (κ3) is 6.46. The van der Waals surface area contributed by atoms with Crippen LogP contribution in [0.1, 0.15) is 29.3 Å². The summed E-state index contributed by atoms with van der Waals surface area (Å²) in [5.41, 5.74) is 0.928. The fourth-order valence-corrected chi connectivity index (χ4v) is 3.53. The quantitative estimate of drug-likeness (QED) is 0.498. The number of sulfonamides is 1. The smallest absolute Gasteiger partial charge is 0.330 e. The van der Waals surface area contributed by atoms with Gasteiger partial charge in [-0.1, -0.05) is 24.3 Å². The van der Waals surface area contributed by atoms with Crippen LogP contribution in [0.25, 0.3) is 0 Å². The molecule has 154 valence electrons. The number of hydrogen-bond acceptors (Lipinski definition) is 6. The Bertz CT molecular complexity index is 980.